The van der Waals surface area contributed by atoms with Crippen LogP contribution in [-0.4, -0.2) is 6.86 Å². The molecule has 0 fully saturated rings. The number of rotatable bonds is 2. The third-order valence-corrected chi connectivity index (χ3v) is 3.13. The molecule has 0 unspecified atom stereocenters. The van der Waals surface area contributed by atoms with Crippen molar-refractivity contribution in [3.8, 4) is 5.75 Å². The van der Waals surface area contributed by atoms with Crippen molar-refractivity contribution in [3.63, 3.8) is 0 Å². The summed E-state index contributed by atoms with van der Waals surface area (Å²) in [6.45, 7) is 9.36. The summed E-state index contributed by atoms with van der Waals surface area (Å²) in [4.78, 5) is 0. The summed E-state index contributed by atoms with van der Waals surface area (Å²) in [7, 11) is 0. The van der Waals surface area contributed by atoms with E-state index in [-0.39, 0.29) is 0 Å². The minimum absolute atomic E-state index is 0.702. The predicted octanol–water partition coefficient (Wildman–Crippen LogP) is 3.53. The summed E-state index contributed by atoms with van der Waals surface area (Å²) in [5.74, 6) is 0.702. The summed E-state index contributed by atoms with van der Waals surface area (Å²) >= 11 is 0. The van der Waals surface area contributed by atoms with E-state index in [2.05, 4.69) is 6.92 Å². The summed E-state index contributed by atoms with van der Waals surface area (Å²) in [6, 6.07) is 0. The van der Waals surface area contributed by atoms with Crippen LogP contribution < -0.4 is 4.74 Å². The van der Waals surface area contributed by atoms with Crippen LogP contribution in [0.25, 0.3) is 0 Å². The fourth-order valence-corrected chi connectivity index (χ4v) is 1.74. The van der Waals surface area contributed by atoms with Gasteiger partial charge in [-0.05, 0) is 62.4 Å². The van der Waals surface area contributed by atoms with Gasteiger partial charge in [-0.2, -0.15) is 0 Å². The highest BCUT2D eigenvalue weighted by molar-refractivity contribution is 5.53. The topological polar surface area (TPSA) is 9.23 Å². The molecule has 1 aromatic rings. The third-order valence-electron chi connectivity index (χ3n) is 3.13. The lowest BCUT2D eigenvalue weighted by Crippen LogP contribution is -2.02. The van der Waals surface area contributed by atoms with E-state index in [0.29, 0.717) is 5.75 Å². The molecule has 0 aromatic heterocycles. The maximum Gasteiger partial charge on any atom is 0.228 e. The Morgan fingerprint density at radius 3 is 1.50 bits per heavy atom. The van der Waals surface area contributed by atoms with Gasteiger partial charge in [0.25, 0.3) is 0 Å². The second-order valence-electron chi connectivity index (χ2n) is 3.71. The number of hydrogen-bond donors (Lipinski definition) is 0. The standard InChI is InChI=1S/C12H17FO/c1-7-8(2)10(4)12(14-6-13)11(5)9(7)3/h6H2,1-5H3. The van der Waals surface area contributed by atoms with Crippen LogP contribution >= 0.6 is 0 Å². The zero-order valence-corrected chi connectivity index (χ0v) is 9.49. The molecule has 78 valence electrons. The highest BCUT2D eigenvalue weighted by Gasteiger charge is 2.12. The Morgan fingerprint density at radius 1 is 0.786 bits per heavy atom. The number of hydrogen-bond acceptors (Lipinski definition) is 1. The van der Waals surface area contributed by atoms with E-state index in [1.165, 1.54) is 16.7 Å². The Hall–Kier alpha value is -1.05. The zero-order chi connectivity index (χ0) is 10.9. The molecule has 0 aliphatic rings. The van der Waals surface area contributed by atoms with Crippen LogP contribution in [0.5, 0.6) is 5.75 Å². The van der Waals surface area contributed by atoms with Crippen LogP contribution in [0.3, 0.4) is 0 Å². The third kappa shape index (κ3) is 1.61. The Morgan fingerprint density at radius 2 is 1.14 bits per heavy atom. The van der Waals surface area contributed by atoms with Crippen LogP contribution in [0, 0.1) is 34.6 Å². The summed E-state index contributed by atoms with van der Waals surface area (Å²) < 4.78 is 17.2. The Kier molecular flexibility index (Phi) is 3.14. The number of alkyl halides is 1. The van der Waals surface area contributed by atoms with Crippen LogP contribution in [0.1, 0.15) is 27.8 Å². The molecule has 0 radical (unpaired) electrons. The SMILES string of the molecule is Cc1c(C)c(C)c(OCF)c(C)c1C. The predicted molar refractivity (Wildman–Crippen MR) is 56.7 cm³/mol. The van der Waals surface area contributed by atoms with Gasteiger partial charge in [0.05, 0.1) is 0 Å². The normalized spacial score (nSPS) is 10.4. The minimum Gasteiger partial charge on any atom is -0.462 e. The van der Waals surface area contributed by atoms with Gasteiger partial charge in [-0.1, -0.05) is 0 Å². The van der Waals surface area contributed by atoms with Gasteiger partial charge in [-0.15, -0.1) is 0 Å². The van der Waals surface area contributed by atoms with Gasteiger partial charge in [0, 0.05) is 0 Å². The molecule has 0 aliphatic carbocycles. The largest absolute Gasteiger partial charge is 0.462 e. The van der Waals surface area contributed by atoms with E-state index in [1.807, 2.05) is 27.7 Å². The molecule has 1 aromatic carbocycles. The van der Waals surface area contributed by atoms with E-state index in [9.17, 15) is 4.39 Å². The average Bonchev–Trinajstić information content (AvgIpc) is 2.19. The van der Waals surface area contributed by atoms with Gasteiger partial charge in [0.15, 0.2) is 0 Å². The molecule has 0 heterocycles. The Balaban J connectivity index is 3.43. The summed E-state index contributed by atoms with van der Waals surface area (Å²) in [6.07, 6.45) is 0. The maximum absolute atomic E-state index is 12.2. The molecule has 0 atom stereocenters. The van der Waals surface area contributed by atoms with Crippen molar-refractivity contribution in [2.24, 2.45) is 0 Å². The van der Waals surface area contributed by atoms with Crippen molar-refractivity contribution in [2.45, 2.75) is 34.6 Å². The first-order chi connectivity index (χ1) is 6.50. The second kappa shape index (κ2) is 3.99. The van der Waals surface area contributed by atoms with Crippen molar-refractivity contribution in [2.75, 3.05) is 6.86 Å². The molecule has 2 heteroatoms. The highest BCUT2D eigenvalue weighted by atomic mass is 19.1. The molecule has 1 rings (SSSR count). The van der Waals surface area contributed by atoms with Gasteiger partial charge in [-0.3, -0.25) is 0 Å². The monoisotopic (exact) mass is 196 g/mol. The van der Waals surface area contributed by atoms with Crippen molar-refractivity contribution in [1.29, 1.82) is 0 Å². The van der Waals surface area contributed by atoms with Crippen LogP contribution in [0.2, 0.25) is 0 Å². The molecule has 0 N–H and O–H groups in total. The first-order valence-electron chi connectivity index (χ1n) is 4.76. The molecule has 1 nitrogen and oxygen atoms in total. The van der Waals surface area contributed by atoms with Crippen LogP contribution in [0.15, 0.2) is 0 Å². The van der Waals surface area contributed by atoms with Crippen molar-refractivity contribution < 1.29 is 9.13 Å². The lowest BCUT2D eigenvalue weighted by molar-refractivity contribution is 0.189. The fraction of sp³-hybridized carbons (Fsp3) is 0.500. The van der Waals surface area contributed by atoms with Crippen LogP contribution in [0.4, 0.5) is 4.39 Å². The number of halogens is 1. The van der Waals surface area contributed by atoms with Gasteiger partial charge in [0.1, 0.15) is 5.75 Å². The molecule has 0 spiro atoms. The molecule has 14 heavy (non-hydrogen) atoms. The van der Waals surface area contributed by atoms with Crippen molar-refractivity contribution >= 4 is 0 Å². The smallest absolute Gasteiger partial charge is 0.228 e. The van der Waals surface area contributed by atoms with Crippen LogP contribution in [-0.2, 0) is 0 Å². The summed E-state index contributed by atoms with van der Waals surface area (Å²) in [5, 5.41) is 0. The lowest BCUT2D eigenvalue weighted by atomic mass is 9.94. The highest BCUT2D eigenvalue weighted by Crippen LogP contribution is 2.31. The average molecular weight is 196 g/mol. The molecule has 0 aliphatic heterocycles. The minimum atomic E-state index is -0.760. The molecule has 0 amide bonds. The Labute approximate surface area is 84.9 Å². The van der Waals surface area contributed by atoms with E-state index in [4.69, 9.17) is 4.74 Å². The Bertz CT molecular complexity index is 327. The fourth-order valence-electron chi connectivity index (χ4n) is 1.74. The molecule has 0 saturated carbocycles. The summed E-state index contributed by atoms with van der Waals surface area (Å²) in [5.41, 5.74) is 5.74. The molecular formula is C12H17FO. The quantitative estimate of drug-likeness (QED) is 0.703. The van der Waals surface area contributed by atoms with E-state index in [1.54, 1.807) is 0 Å². The van der Waals surface area contributed by atoms with Crippen molar-refractivity contribution in [1.82, 2.24) is 0 Å². The lowest BCUT2D eigenvalue weighted by Gasteiger charge is -2.17. The van der Waals surface area contributed by atoms with Gasteiger partial charge in [-0.25, -0.2) is 4.39 Å². The number of ether oxygens (including phenoxy) is 1. The maximum atomic E-state index is 12.2. The van der Waals surface area contributed by atoms with Gasteiger partial charge >= 0.3 is 0 Å². The zero-order valence-electron chi connectivity index (χ0n) is 9.49. The number of benzene rings is 1. The van der Waals surface area contributed by atoms with E-state index >= 15 is 0 Å². The molecular weight excluding hydrogens is 179 g/mol. The first-order valence-corrected chi connectivity index (χ1v) is 4.76. The first kappa shape index (κ1) is 11.0. The van der Waals surface area contributed by atoms with E-state index in [0.717, 1.165) is 11.1 Å². The van der Waals surface area contributed by atoms with E-state index < -0.39 is 6.86 Å². The molecule has 0 bridgehead atoms. The van der Waals surface area contributed by atoms with Crippen molar-refractivity contribution in [3.05, 3.63) is 27.8 Å². The molecule has 0 saturated heterocycles. The van der Waals surface area contributed by atoms with Gasteiger partial charge < -0.3 is 4.74 Å². The second-order valence-corrected chi connectivity index (χ2v) is 3.71. The van der Waals surface area contributed by atoms with Gasteiger partial charge in [0.2, 0.25) is 6.86 Å².